The number of ether oxygens (including phenoxy) is 1. The fraction of sp³-hybridized carbons (Fsp3) is 0.273. The van der Waals surface area contributed by atoms with Crippen molar-refractivity contribution in [3.05, 3.63) is 59.5 Å². The van der Waals surface area contributed by atoms with Crippen molar-refractivity contribution in [1.82, 2.24) is 29.3 Å². The molecule has 0 saturated carbocycles. The Morgan fingerprint density at radius 3 is 3.09 bits per heavy atom. The number of anilines is 1. The molecule has 2 N–H and O–H groups in total. The van der Waals surface area contributed by atoms with Gasteiger partial charge in [0.1, 0.15) is 5.03 Å². The van der Waals surface area contributed by atoms with E-state index in [1.807, 2.05) is 29.1 Å². The van der Waals surface area contributed by atoms with Crippen LogP contribution in [0.3, 0.4) is 0 Å². The van der Waals surface area contributed by atoms with Gasteiger partial charge >= 0.3 is 6.03 Å². The Balaban J connectivity index is 1.26. The van der Waals surface area contributed by atoms with Crippen LogP contribution in [-0.2, 0) is 30.7 Å². The van der Waals surface area contributed by atoms with Crippen molar-refractivity contribution in [1.29, 1.82) is 0 Å². The number of nitrogens with zero attached hydrogens (tertiary/aromatic N) is 5. The minimum Gasteiger partial charge on any atom is -0.373 e. The molecule has 1 aliphatic heterocycles. The summed E-state index contributed by atoms with van der Waals surface area (Å²) in [6, 6.07) is 9.97. The number of hydrogen-bond acceptors (Lipinski definition) is 6. The third kappa shape index (κ3) is 3.51. The number of fused-ring (bicyclic) bond motifs is 3. The fourth-order valence-electron chi connectivity index (χ4n) is 4.40. The molecule has 2 aliphatic rings. The number of carbonyl (C=O) groups excluding carboxylic acids is 1. The minimum absolute atomic E-state index is 0.272. The normalized spacial score (nSPS) is 14.9. The summed E-state index contributed by atoms with van der Waals surface area (Å²) in [6.45, 7) is 1.95. The van der Waals surface area contributed by atoms with Crippen molar-refractivity contribution in [3.63, 3.8) is 0 Å². The molecule has 2 amide bonds. The first-order valence-electron chi connectivity index (χ1n) is 10.6. The van der Waals surface area contributed by atoms with Gasteiger partial charge in [-0.15, -0.1) is 5.10 Å². The van der Waals surface area contributed by atoms with Gasteiger partial charge in [-0.05, 0) is 54.2 Å². The van der Waals surface area contributed by atoms with E-state index in [2.05, 4.69) is 37.6 Å². The summed E-state index contributed by atoms with van der Waals surface area (Å²) in [5, 5.41) is 16.4. The highest BCUT2D eigenvalue weighted by Gasteiger charge is 2.21. The Morgan fingerprint density at radius 1 is 1.19 bits per heavy atom. The SMILES string of the molecule is O=C(NSc1cc2n(n1)CCOC2)Nc1c(-c2ccn3nncc3c2)ccc2c1CCC2. The van der Waals surface area contributed by atoms with Crippen LogP contribution in [0.2, 0.25) is 0 Å². The van der Waals surface area contributed by atoms with Crippen molar-refractivity contribution in [3.8, 4) is 11.1 Å². The summed E-state index contributed by atoms with van der Waals surface area (Å²) >= 11 is 1.21. The van der Waals surface area contributed by atoms with Gasteiger partial charge in [-0.1, -0.05) is 17.3 Å². The lowest BCUT2D eigenvalue weighted by Crippen LogP contribution is -2.24. The van der Waals surface area contributed by atoms with E-state index >= 15 is 0 Å². The molecule has 0 spiro atoms. The Labute approximate surface area is 188 Å². The van der Waals surface area contributed by atoms with E-state index in [9.17, 15) is 4.79 Å². The highest BCUT2D eigenvalue weighted by atomic mass is 32.2. The predicted octanol–water partition coefficient (Wildman–Crippen LogP) is 3.44. The van der Waals surface area contributed by atoms with Crippen LogP contribution in [0.1, 0.15) is 23.2 Å². The van der Waals surface area contributed by atoms with Crippen molar-refractivity contribution in [2.75, 3.05) is 11.9 Å². The number of carbonyl (C=O) groups is 1. The van der Waals surface area contributed by atoms with E-state index in [-0.39, 0.29) is 6.03 Å². The van der Waals surface area contributed by atoms with Gasteiger partial charge in [0.15, 0.2) is 0 Å². The fourth-order valence-corrected chi connectivity index (χ4v) is 4.98. The second kappa shape index (κ2) is 7.95. The number of hydrogen-bond donors (Lipinski definition) is 2. The zero-order valence-corrected chi connectivity index (χ0v) is 18.1. The molecule has 32 heavy (non-hydrogen) atoms. The van der Waals surface area contributed by atoms with E-state index < -0.39 is 0 Å². The summed E-state index contributed by atoms with van der Waals surface area (Å²) in [5.41, 5.74) is 7.31. The van der Waals surface area contributed by atoms with Crippen molar-refractivity contribution in [2.24, 2.45) is 0 Å². The number of aromatic nitrogens is 5. The van der Waals surface area contributed by atoms with Gasteiger partial charge in [0.05, 0.1) is 42.9 Å². The number of rotatable bonds is 4. The number of benzene rings is 1. The van der Waals surface area contributed by atoms with Gasteiger partial charge in [-0.3, -0.25) is 9.40 Å². The van der Waals surface area contributed by atoms with Crippen LogP contribution in [0, 0.1) is 0 Å². The van der Waals surface area contributed by atoms with Crippen molar-refractivity contribution < 1.29 is 9.53 Å². The molecule has 4 aromatic rings. The third-order valence-corrected chi connectivity index (χ3v) is 6.62. The molecule has 0 unspecified atom stereocenters. The van der Waals surface area contributed by atoms with Crippen LogP contribution in [0.25, 0.3) is 16.6 Å². The van der Waals surface area contributed by atoms with Crippen LogP contribution in [0.4, 0.5) is 10.5 Å². The monoisotopic (exact) mass is 447 g/mol. The summed E-state index contributed by atoms with van der Waals surface area (Å²) in [4.78, 5) is 12.9. The maximum Gasteiger partial charge on any atom is 0.329 e. The lowest BCUT2D eigenvalue weighted by molar-refractivity contribution is 0.0799. The van der Waals surface area contributed by atoms with E-state index in [1.54, 1.807) is 10.7 Å². The molecule has 9 nitrogen and oxygen atoms in total. The highest BCUT2D eigenvalue weighted by molar-refractivity contribution is 7.97. The van der Waals surface area contributed by atoms with Gasteiger partial charge < -0.3 is 10.1 Å². The molecule has 10 heteroatoms. The molecule has 1 aromatic carbocycles. The predicted molar refractivity (Wildman–Crippen MR) is 120 cm³/mol. The van der Waals surface area contributed by atoms with Crippen LogP contribution >= 0.6 is 11.9 Å². The first kappa shape index (κ1) is 19.3. The van der Waals surface area contributed by atoms with E-state index in [0.717, 1.165) is 58.9 Å². The molecule has 0 fully saturated rings. The maximum absolute atomic E-state index is 12.9. The second-order valence-electron chi connectivity index (χ2n) is 7.91. The van der Waals surface area contributed by atoms with E-state index in [4.69, 9.17) is 4.74 Å². The lowest BCUT2D eigenvalue weighted by Gasteiger charge is -2.16. The quantitative estimate of drug-likeness (QED) is 0.465. The lowest BCUT2D eigenvalue weighted by atomic mass is 9.97. The van der Waals surface area contributed by atoms with Gasteiger partial charge in [-0.25, -0.2) is 9.31 Å². The number of aryl methyl sites for hydroxylation is 1. The molecule has 0 bridgehead atoms. The summed E-state index contributed by atoms with van der Waals surface area (Å²) < 4.78 is 12.0. The van der Waals surface area contributed by atoms with Gasteiger partial charge in [0.25, 0.3) is 0 Å². The number of amides is 2. The molecule has 6 rings (SSSR count). The summed E-state index contributed by atoms with van der Waals surface area (Å²) in [7, 11) is 0. The van der Waals surface area contributed by atoms with Crippen LogP contribution in [0.15, 0.2) is 47.8 Å². The molecular weight excluding hydrogens is 426 g/mol. The van der Waals surface area contributed by atoms with Gasteiger partial charge in [-0.2, -0.15) is 5.10 Å². The average Bonchev–Trinajstić information content (AvgIpc) is 3.56. The summed E-state index contributed by atoms with van der Waals surface area (Å²) in [6.07, 6.45) is 6.69. The van der Waals surface area contributed by atoms with Crippen molar-refractivity contribution in [2.45, 2.75) is 37.4 Å². The molecule has 0 radical (unpaired) electrons. The van der Waals surface area contributed by atoms with Crippen LogP contribution in [0.5, 0.6) is 0 Å². The standard InChI is InChI=1S/C22H21N7O2S/c30-22(26-32-20-11-17-13-31-9-8-28(17)25-20)24-21-18-3-1-2-14(18)4-5-19(21)15-6-7-29-16(10-15)12-23-27-29/h4-7,10-12H,1-3,8-9,13H2,(H2,24,26,30). The van der Waals surface area contributed by atoms with Gasteiger partial charge in [0, 0.05) is 23.7 Å². The number of urea groups is 1. The average molecular weight is 448 g/mol. The van der Waals surface area contributed by atoms with Crippen molar-refractivity contribution >= 4 is 29.2 Å². The Kier molecular flexibility index (Phi) is 4.80. The molecule has 4 heterocycles. The zero-order valence-electron chi connectivity index (χ0n) is 17.2. The first-order valence-corrected chi connectivity index (χ1v) is 11.4. The van der Waals surface area contributed by atoms with E-state index in [0.29, 0.717) is 13.2 Å². The largest absolute Gasteiger partial charge is 0.373 e. The summed E-state index contributed by atoms with van der Waals surface area (Å²) in [5.74, 6) is 0. The second-order valence-corrected chi connectivity index (χ2v) is 8.73. The van der Waals surface area contributed by atoms with Gasteiger partial charge in [0.2, 0.25) is 0 Å². The Bertz CT molecular complexity index is 1310. The Hall–Kier alpha value is -3.37. The molecular formula is C22H21N7O2S. The topological polar surface area (TPSA) is 98.4 Å². The number of nitrogens with one attached hydrogen (secondary N) is 2. The zero-order chi connectivity index (χ0) is 21.5. The molecule has 162 valence electrons. The first-order chi connectivity index (χ1) is 15.7. The molecule has 3 aromatic heterocycles. The maximum atomic E-state index is 12.9. The van der Waals surface area contributed by atoms with E-state index in [1.165, 1.54) is 23.1 Å². The molecule has 1 aliphatic carbocycles. The van der Waals surface area contributed by atoms with Crippen LogP contribution in [-0.4, -0.2) is 37.2 Å². The minimum atomic E-state index is -0.272. The number of pyridine rings is 1. The molecule has 0 saturated heterocycles. The smallest absolute Gasteiger partial charge is 0.329 e. The third-order valence-electron chi connectivity index (χ3n) is 5.92. The Morgan fingerprint density at radius 2 is 2.16 bits per heavy atom. The highest BCUT2D eigenvalue weighted by Crippen LogP contribution is 2.38. The molecule has 0 atom stereocenters. The van der Waals surface area contributed by atoms with Crippen LogP contribution < -0.4 is 10.0 Å².